The maximum absolute atomic E-state index is 13.7. The van der Waals surface area contributed by atoms with Gasteiger partial charge >= 0.3 is 0 Å². The lowest BCUT2D eigenvalue weighted by Gasteiger charge is -2.19. The molecule has 2 atom stereocenters. The largest absolute Gasteiger partial charge is 0.207 e. The third-order valence-corrected chi connectivity index (χ3v) is 3.64. The summed E-state index contributed by atoms with van der Waals surface area (Å²) in [6, 6.07) is 13.1. The van der Waals surface area contributed by atoms with Crippen LogP contribution in [-0.4, -0.2) is 0 Å². The lowest BCUT2D eigenvalue weighted by atomic mass is 9.93. The van der Waals surface area contributed by atoms with E-state index in [9.17, 15) is 8.78 Å². The Morgan fingerprint density at radius 3 is 2.28 bits per heavy atom. The normalized spacial score (nSPS) is 14.2. The average molecular weight is 267 g/mol. The number of benzene rings is 2. The molecule has 0 aliphatic rings. The molecular formula is C15H13ClF2. The zero-order chi connectivity index (χ0) is 13.1. The first-order chi connectivity index (χ1) is 8.59. The number of halogens is 3. The van der Waals surface area contributed by atoms with Crippen molar-refractivity contribution in [1.29, 1.82) is 0 Å². The molecule has 0 aliphatic carbocycles. The molecule has 2 rings (SSSR count). The van der Waals surface area contributed by atoms with Crippen LogP contribution < -0.4 is 0 Å². The molecule has 0 amide bonds. The third kappa shape index (κ3) is 2.70. The van der Waals surface area contributed by atoms with E-state index in [4.69, 9.17) is 11.6 Å². The molecule has 0 saturated carbocycles. The standard InChI is InChI=1S/C15H13ClF2/c1-10(11-5-3-2-4-6-11)15(16)13-8-7-12(17)9-14(13)18/h2-10,15H,1H3. The third-order valence-electron chi connectivity index (χ3n) is 3.02. The molecule has 94 valence electrons. The van der Waals surface area contributed by atoms with E-state index < -0.39 is 17.0 Å². The second-order valence-electron chi connectivity index (χ2n) is 4.27. The minimum Gasteiger partial charge on any atom is -0.207 e. The smallest absolute Gasteiger partial charge is 0.130 e. The molecule has 0 N–H and O–H groups in total. The summed E-state index contributed by atoms with van der Waals surface area (Å²) in [5.41, 5.74) is 1.36. The van der Waals surface area contributed by atoms with Crippen molar-refractivity contribution in [3.8, 4) is 0 Å². The highest BCUT2D eigenvalue weighted by Crippen LogP contribution is 2.37. The van der Waals surface area contributed by atoms with E-state index in [1.807, 2.05) is 37.3 Å². The molecule has 3 heteroatoms. The van der Waals surface area contributed by atoms with Gasteiger partial charge in [0, 0.05) is 17.5 Å². The second kappa shape index (κ2) is 5.49. The first-order valence-corrected chi connectivity index (χ1v) is 6.17. The quantitative estimate of drug-likeness (QED) is 0.682. The van der Waals surface area contributed by atoms with Crippen molar-refractivity contribution < 1.29 is 8.78 Å². The van der Waals surface area contributed by atoms with E-state index >= 15 is 0 Å². The summed E-state index contributed by atoms with van der Waals surface area (Å²) < 4.78 is 26.5. The van der Waals surface area contributed by atoms with Gasteiger partial charge in [0.05, 0.1) is 5.38 Å². The number of alkyl halides is 1. The molecule has 0 aromatic heterocycles. The maximum Gasteiger partial charge on any atom is 0.130 e. The van der Waals surface area contributed by atoms with E-state index in [-0.39, 0.29) is 5.92 Å². The van der Waals surface area contributed by atoms with Crippen molar-refractivity contribution in [1.82, 2.24) is 0 Å². The van der Waals surface area contributed by atoms with Crippen molar-refractivity contribution in [2.75, 3.05) is 0 Å². The fourth-order valence-electron chi connectivity index (χ4n) is 1.92. The van der Waals surface area contributed by atoms with Crippen LogP contribution in [0, 0.1) is 11.6 Å². The Hall–Kier alpha value is -1.41. The zero-order valence-electron chi connectivity index (χ0n) is 9.91. The van der Waals surface area contributed by atoms with Gasteiger partial charge in [-0.25, -0.2) is 8.78 Å². The molecule has 0 spiro atoms. The first kappa shape index (κ1) is 13.0. The molecule has 0 saturated heterocycles. The molecule has 0 radical (unpaired) electrons. The van der Waals surface area contributed by atoms with Crippen LogP contribution in [0.2, 0.25) is 0 Å². The molecule has 2 unspecified atom stereocenters. The van der Waals surface area contributed by atoms with Gasteiger partial charge in [-0.05, 0) is 11.6 Å². The van der Waals surface area contributed by atoms with Crippen LogP contribution in [0.15, 0.2) is 48.5 Å². The van der Waals surface area contributed by atoms with Crippen LogP contribution in [0.25, 0.3) is 0 Å². The van der Waals surface area contributed by atoms with Crippen molar-refractivity contribution in [2.24, 2.45) is 0 Å². The van der Waals surface area contributed by atoms with Gasteiger partial charge in [-0.3, -0.25) is 0 Å². The van der Waals surface area contributed by atoms with Crippen LogP contribution in [0.3, 0.4) is 0 Å². The van der Waals surface area contributed by atoms with E-state index in [1.54, 1.807) is 0 Å². The number of hydrogen-bond donors (Lipinski definition) is 0. The van der Waals surface area contributed by atoms with Crippen LogP contribution >= 0.6 is 11.6 Å². The topological polar surface area (TPSA) is 0 Å². The summed E-state index contributed by atoms with van der Waals surface area (Å²) in [6.45, 7) is 1.93. The van der Waals surface area contributed by atoms with E-state index in [2.05, 4.69) is 0 Å². The van der Waals surface area contributed by atoms with Crippen LogP contribution in [0.5, 0.6) is 0 Å². The van der Waals surface area contributed by atoms with E-state index in [0.29, 0.717) is 5.56 Å². The minimum absolute atomic E-state index is 0.0483. The number of rotatable bonds is 3. The number of hydrogen-bond acceptors (Lipinski definition) is 0. The summed E-state index contributed by atoms with van der Waals surface area (Å²) in [5.74, 6) is -1.24. The summed E-state index contributed by atoms with van der Waals surface area (Å²) in [5, 5.41) is -0.520. The lowest BCUT2D eigenvalue weighted by molar-refractivity contribution is 0.562. The Morgan fingerprint density at radius 1 is 1.00 bits per heavy atom. The minimum atomic E-state index is -0.599. The average Bonchev–Trinajstić information content (AvgIpc) is 2.38. The van der Waals surface area contributed by atoms with Gasteiger partial charge < -0.3 is 0 Å². The fraction of sp³-hybridized carbons (Fsp3) is 0.200. The van der Waals surface area contributed by atoms with E-state index in [1.165, 1.54) is 12.1 Å². The SMILES string of the molecule is CC(c1ccccc1)C(Cl)c1ccc(F)cc1F. The molecule has 0 fully saturated rings. The fourth-order valence-corrected chi connectivity index (χ4v) is 2.24. The Labute approximate surface area is 110 Å². The summed E-state index contributed by atoms with van der Waals surface area (Å²) in [6.07, 6.45) is 0. The second-order valence-corrected chi connectivity index (χ2v) is 4.74. The maximum atomic E-state index is 13.7. The highest BCUT2D eigenvalue weighted by molar-refractivity contribution is 6.21. The summed E-state index contributed by atoms with van der Waals surface area (Å²) >= 11 is 6.29. The Balaban J connectivity index is 2.28. The van der Waals surface area contributed by atoms with E-state index in [0.717, 1.165) is 11.6 Å². The molecule has 2 aromatic rings. The van der Waals surface area contributed by atoms with Gasteiger partial charge in [0.2, 0.25) is 0 Å². The molecule has 0 aliphatic heterocycles. The predicted molar refractivity (Wildman–Crippen MR) is 69.8 cm³/mol. The van der Waals surface area contributed by atoms with Crippen molar-refractivity contribution in [3.63, 3.8) is 0 Å². The predicted octanol–water partition coefficient (Wildman–Crippen LogP) is 5.05. The first-order valence-electron chi connectivity index (χ1n) is 5.73. The van der Waals surface area contributed by atoms with Gasteiger partial charge in [0.15, 0.2) is 0 Å². The molecule has 18 heavy (non-hydrogen) atoms. The summed E-state index contributed by atoms with van der Waals surface area (Å²) in [7, 11) is 0. The van der Waals surface area contributed by atoms with Gasteiger partial charge in [-0.15, -0.1) is 11.6 Å². The highest BCUT2D eigenvalue weighted by atomic mass is 35.5. The van der Waals surface area contributed by atoms with Crippen LogP contribution in [0.4, 0.5) is 8.78 Å². The zero-order valence-corrected chi connectivity index (χ0v) is 10.7. The van der Waals surface area contributed by atoms with Gasteiger partial charge in [-0.2, -0.15) is 0 Å². The lowest BCUT2D eigenvalue weighted by Crippen LogP contribution is -2.05. The van der Waals surface area contributed by atoms with Crippen LogP contribution in [-0.2, 0) is 0 Å². The molecule has 2 aromatic carbocycles. The Kier molecular flexibility index (Phi) is 3.97. The molecule has 0 nitrogen and oxygen atoms in total. The van der Waals surface area contributed by atoms with Gasteiger partial charge in [0.1, 0.15) is 11.6 Å². The molecule has 0 heterocycles. The molecular weight excluding hydrogens is 254 g/mol. The van der Waals surface area contributed by atoms with Gasteiger partial charge in [-0.1, -0.05) is 43.3 Å². The molecule has 0 bridgehead atoms. The Bertz CT molecular complexity index is 525. The monoisotopic (exact) mass is 266 g/mol. The summed E-state index contributed by atoms with van der Waals surface area (Å²) in [4.78, 5) is 0. The van der Waals surface area contributed by atoms with Crippen molar-refractivity contribution in [2.45, 2.75) is 18.2 Å². The van der Waals surface area contributed by atoms with Gasteiger partial charge in [0.25, 0.3) is 0 Å². The highest BCUT2D eigenvalue weighted by Gasteiger charge is 2.21. The van der Waals surface area contributed by atoms with Crippen molar-refractivity contribution in [3.05, 3.63) is 71.3 Å². The van der Waals surface area contributed by atoms with Crippen LogP contribution in [0.1, 0.15) is 29.3 Å². The van der Waals surface area contributed by atoms with Crippen molar-refractivity contribution >= 4 is 11.6 Å². The Morgan fingerprint density at radius 2 is 1.67 bits per heavy atom.